The van der Waals surface area contributed by atoms with Crippen LogP contribution in [-0.4, -0.2) is 43.7 Å². The average Bonchev–Trinajstić information content (AvgIpc) is 2.05. The maximum atomic E-state index is 5.53. The molecule has 0 aromatic carbocycles. The normalized spacial score (nSPS) is 28.8. The Morgan fingerprint density at radius 2 is 2.50 bits per heavy atom. The van der Waals surface area contributed by atoms with Crippen molar-refractivity contribution in [2.24, 2.45) is 5.73 Å². The molecular weight excluding hydrogens is 126 g/mol. The quantitative estimate of drug-likeness (QED) is 0.534. The third-order valence-electron chi connectivity index (χ3n) is 2.07. The number of piperazine rings is 1. The van der Waals surface area contributed by atoms with E-state index in [1.165, 1.54) is 6.54 Å². The zero-order chi connectivity index (χ0) is 7.40. The highest BCUT2D eigenvalue weighted by Gasteiger charge is 2.15. The van der Waals surface area contributed by atoms with Gasteiger partial charge in [-0.25, -0.2) is 0 Å². The second-order valence-electron chi connectivity index (χ2n) is 2.78. The Morgan fingerprint density at radius 3 is 3.10 bits per heavy atom. The van der Waals surface area contributed by atoms with Gasteiger partial charge in [0.15, 0.2) is 0 Å². The van der Waals surface area contributed by atoms with Crippen molar-refractivity contribution >= 4 is 0 Å². The molecule has 1 heterocycles. The fourth-order valence-corrected chi connectivity index (χ4v) is 1.34. The third kappa shape index (κ3) is 1.94. The maximum absolute atomic E-state index is 5.53. The highest BCUT2D eigenvalue weighted by atomic mass is 15.2. The zero-order valence-corrected chi connectivity index (χ0v) is 6.64. The molecule has 10 heavy (non-hydrogen) atoms. The molecule has 0 saturated carbocycles. The van der Waals surface area contributed by atoms with E-state index in [-0.39, 0.29) is 0 Å². The summed E-state index contributed by atoms with van der Waals surface area (Å²) in [6, 6.07) is 0.522. The summed E-state index contributed by atoms with van der Waals surface area (Å²) in [4.78, 5) is 2.42. The highest BCUT2D eigenvalue weighted by Crippen LogP contribution is 1.95. The molecule has 3 heteroatoms. The van der Waals surface area contributed by atoms with Crippen molar-refractivity contribution in [2.45, 2.75) is 13.0 Å². The molecule has 0 amide bonds. The van der Waals surface area contributed by atoms with Crippen molar-refractivity contribution in [1.29, 1.82) is 0 Å². The van der Waals surface area contributed by atoms with E-state index >= 15 is 0 Å². The predicted molar refractivity (Wildman–Crippen MR) is 43.0 cm³/mol. The Morgan fingerprint density at radius 1 is 1.70 bits per heavy atom. The number of hydrogen-bond donors (Lipinski definition) is 2. The first-order chi connectivity index (χ1) is 4.86. The third-order valence-corrected chi connectivity index (χ3v) is 2.07. The van der Waals surface area contributed by atoms with E-state index in [2.05, 4.69) is 17.1 Å². The van der Waals surface area contributed by atoms with Crippen LogP contribution in [0.4, 0.5) is 0 Å². The van der Waals surface area contributed by atoms with Crippen molar-refractivity contribution in [1.82, 2.24) is 10.2 Å². The van der Waals surface area contributed by atoms with Gasteiger partial charge in [-0.2, -0.15) is 0 Å². The van der Waals surface area contributed by atoms with Crippen LogP contribution in [0, 0.1) is 0 Å². The van der Waals surface area contributed by atoms with Crippen LogP contribution in [0.25, 0.3) is 0 Å². The van der Waals surface area contributed by atoms with Gasteiger partial charge < -0.3 is 16.0 Å². The Hall–Kier alpha value is -0.120. The van der Waals surface area contributed by atoms with Gasteiger partial charge in [-0.1, -0.05) is 6.92 Å². The molecule has 1 unspecified atom stereocenters. The fourth-order valence-electron chi connectivity index (χ4n) is 1.34. The van der Waals surface area contributed by atoms with Crippen molar-refractivity contribution in [3.63, 3.8) is 0 Å². The van der Waals surface area contributed by atoms with Crippen LogP contribution in [0.5, 0.6) is 0 Å². The number of likely N-dealkylation sites (N-methyl/N-ethyl adjacent to an activating group) is 1. The van der Waals surface area contributed by atoms with Gasteiger partial charge in [-0.05, 0) is 6.54 Å². The van der Waals surface area contributed by atoms with Crippen LogP contribution in [0.1, 0.15) is 6.92 Å². The fraction of sp³-hybridized carbons (Fsp3) is 1.00. The van der Waals surface area contributed by atoms with Gasteiger partial charge >= 0.3 is 0 Å². The van der Waals surface area contributed by atoms with Crippen LogP contribution in [0.3, 0.4) is 0 Å². The van der Waals surface area contributed by atoms with Crippen molar-refractivity contribution < 1.29 is 0 Å². The number of nitrogens with zero attached hydrogens (tertiary/aromatic N) is 1. The summed E-state index contributed by atoms with van der Waals surface area (Å²) in [7, 11) is 0. The largest absolute Gasteiger partial charge is 0.329 e. The Bertz CT molecular complexity index is 84.9. The Kier molecular flexibility index (Phi) is 3.12. The van der Waals surface area contributed by atoms with Crippen LogP contribution < -0.4 is 11.1 Å². The molecule has 1 rings (SSSR count). The zero-order valence-electron chi connectivity index (χ0n) is 6.64. The molecule has 0 aromatic rings. The lowest BCUT2D eigenvalue weighted by Crippen LogP contribution is -2.53. The number of hydrogen-bond acceptors (Lipinski definition) is 3. The summed E-state index contributed by atoms with van der Waals surface area (Å²) >= 11 is 0. The summed E-state index contributed by atoms with van der Waals surface area (Å²) in [5.74, 6) is 0. The van der Waals surface area contributed by atoms with Gasteiger partial charge in [0.25, 0.3) is 0 Å². The monoisotopic (exact) mass is 143 g/mol. The molecule has 1 fully saturated rings. The molecule has 1 atom stereocenters. The molecule has 1 aliphatic rings. The van der Waals surface area contributed by atoms with E-state index in [9.17, 15) is 0 Å². The summed E-state index contributed by atoms with van der Waals surface area (Å²) < 4.78 is 0. The second-order valence-corrected chi connectivity index (χ2v) is 2.78. The molecular formula is C7H17N3. The first-order valence-corrected chi connectivity index (χ1v) is 4.02. The first-order valence-electron chi connectivity index (χ1n) is 4.02. The second kappa shape index (κ2) is 3.91. The molecule has 0 aliphatic carbocycles. The molecule has 0 spiro atoms. The topological polar surface area (TPSA) is 41.3 Å². The number of rotatable bonds is 2. The van der Waals surface area contributed by atoms with Gasteiger partial charge in [-0.3, -0.25) is 0 Å². The van der Waals surface area contributed by atoms with Crippen LogP contribution in [0.15, 0.2) is 0 Å². The highest BCUT2D eigenvalue weighted by molar-refractivity contribution is 4.77. The SMILES string of the molecule is CCN1CCNC(CN)C1. The number of nitrogens with two attached hydrogens (primary N) is 1. The minimum absolute atomic E-state index is 0.522. The first kappa shape index (κ1) is 7.98. The standard InChI is InChI=1S/C7H17N3/c1-2-10-4-3-9-7(5-8)6-10/h7,9H,2-6,8H2,1H3. The summed E-state index contributed by atoms with van der Waals surface area (Å²) in [6.07, 6.45) is 0. The van der Waals surface area contributed by atoms with Gasteiger partial charge in [0.05, 0.1) is 0 Å². The van der Waals surface area contributed by atoms with E-state index in [1.807, 2.05) is 0 Å². The lowest BCUT2D eigenvalue weighted by atomic mass is 10.2. The van der Waals surface area contributed by atoms with Crippen LogP contribution in [-0.2, 0) is 0 Å². The smallest absolute Gasteiger partial charge is 0.0318 e. The molecule has 3 N–H and O–H groups in total. The average molecular weight is 143 g/mol. The summed E-state index contributed by atoms with van der Waals surface area (Å²) in [6.45, 7) is 7.49. The minimum atomic E-state index is 0.522. The predicted octanol–water partition coefficient (Wildman–Crippen LogP) is -0.761. The van der Waals surface area contributed by atoms with Gasteiger partial charge in [0.2, 0.25) is 0 Å². The Balaban J connectivity index is 2.25. The van der Waals surface area contributed by atoms with E-state index in [1.54, 1.807) is 0 Å². The Labute approximate surface area is 62.6 Å². The maximum Gasteiger partial charge on any atom is 0.0318 e. The molecule has 60 valence electrons. The number of nitrogens with one attached hydrogen (secondary N) is 1. The van der Waals surface area contributed by atoms with Gasteiger partial charge in [-0.15, -0.1) is 0 Å². The van der Waals surface area contributed by atoms with Crippen molar-refractivity contribution in [3.8, 4) is 0 Å². The van der Waals surface area contributed by atoms with Crippen molar-refractivity contribution in [3.05, 3.63) is 0 Å². The molecule has 1 saturated heterocycles. The van der Waals surface area contributed by atoms with Gasteiger partial charge in [0.1, 0.15) is 0 Å². The summed E-state index contributed by atoms with van der Waals surface area (Å²) in [5.41, 5.74) is 5.53. The lowest BCUT2D eigenvalue weighted by Gasteiger charge is -2.31. The van der Waals surface area contributed by atoms with E-state index in [0.29, 0.717) is 6.04 Å². The van der Waals surface area contributed by atoms with Gasteiger partial charge in [0, 0.05) is 32.2 Å². The molecule has 0 radical (unpaired) electrons. The molecule has 3 nitrogen and oxygen atoms in total. The lowest BCUT2D eigenvalue weighted by molar-refractivity contribution is 0.211. The molecule has 0 aromatic heterocycles. The summed E-state index contributed by atoms with van der Waals surface area (Å²) in [5, 5.41) is 3.37. The molecule has 0 bridgehead atoms. The van der Waals surface area contributed by atoms with E-state index in [4.69, 9.17) is 5.73 Å². The van der Waals surface area contributed by atoms with Crippen LogP contribution in [0.2, 0.25) is 0 Å². The van der Waals surface area contributed by atoms with E-state index < -0.39 is 0 Å². The van der Waals surface area contributed by atoms with Crippen LogP contribution >= 0.6 is 0 Å². The molecule has 1 aliphatic heterocycles. The minimum Gasteiger partial charge on any atom is -0.329 e. The van der Waals surface area contributed by atoms with E-state index in [0.717, 1.165) is 26.2 Å². The van der Waals surface area contributed by atoms with Crippen molar-refractivity contribution in [2.75, 3.05) is 32.7 Å².